The molecule has 2 rings (SSSR count). The third-order valence-corrected chi connectivity index (χ3v) is 2.42. The maximum atomic E-state index is 4.96. The van der Waals surface area contributed by atoms with Gasteiger partial charge >= 0.3 is 0 Å². The maximum Gasteiger partial charge on any atom is 0.191 e. The lowest BCUT2D eigenvalue weighted by atomic mass is 10.2. The molecule has 0 aliphatic carbocycles. The normalized spacial score (nSPS) is 10.7. The summed E-state index contributed by atoms with van der Waals surface area (Å²) in [5, 5.41) is 7.35. The molecule has 11 heavy (non-hydrogen) atoms. The predicted octanol–water partition coefficient (Wildman–Crippen LogP) is 2.14. The van der Waals surface area contributed by atoms with E-state index in [-0.39, 0.29) is 0 Å². The van der Waals surface area contributed by atoms with Gasteiger partial charge in [0.2, 0.25) is 0 Å². The molecule has 0 spiro atoms. The van der Waals surface area contributed by atoms with Crippen molar-refractivity contribution in [3.63, 3.8) is 0 Å². The Bertz CT molecular complexity index is 360. The van der Waals surface area contributed by atoms with Crippen LogP contribution < -0.4 is 0 Å². The molecular formula is C7H5IN2O. The molecule has 56 valence electrons. The molecule has 0 aliphatic rings. The molecule has 0 unspecified atom stereocenters. The van der Waals surface area contributed by atoms with Crippen molar-refractivity contribution >= 4 is 33.7 Å². The minimum Gasteiger partial charge on any atom is -0.337 e. The molecule has 0 fully saturated rings. The van der Waals surface area contributed by atoms with Gasteiger partial charge in [0.25, 0.3) is 0 Å². The van der Waals surface area contributed by atoms with E-state index in [0.717, 1.165) is 20.2 Å². The van der Waals surface area contributed by atoms with Gasteiger partial charge in [0, 0.05) is 8.84 Å². The van der Waals surface area contributed by atoms with Crippen molar-refractivity contribution in [2.45, 2.75) is 6.92 Å². The van der Waals surface area contributed by atoms with Crippen molar-refractivity contribution in [1.82, 2.24) is 10.4 Å². The Balaban J connectivity index is 2.96. The van der Waals surface area contributed by atoms with Gasteiger partial charge in [0.15, 0.2) is 5.58 Å². The molecule has 0 aliphatic heterocycles. The number of halogens is 1. The molecule has 3 nitrogen and oxygen atoms in total. The second kappa shape index (κ2) is 2.44. The molecule has 1 aromatic carbocycles. The lowest BCUT2D eigenvalue weighted by Crippen LogP contribution is -1.78. The molecule has 0 amide bonds. The van der Waals surface area contributed by atoms with Crippen LogP contribution in [0.2, 0.25) is 0 Å². The summed E-state index contributed by atoms with van der Waals surface area (Å²) >= 11 is 2.21. The van der Waals surface area contributed by atoms with Crippen molar-refractivity contribution in [3.8, 4) is 0 Å². The van der Waals surface area contributed by atoms with Crippen LogP contribution in [0.1, 0.15) is 5.56 Å². The molecule has 0 saturated carbocycles. The van der Waals surface area contributed by atoms with E-state index in [2.05, 4.69) is 33.0 Å². The molecule has 0 saturated heterocycles. The van der Waals surface area contributed by atoms with Crippen molar-refractivity contribution in [3.05, 3.63) is 21.3 Å². The Morgan fingerprint density at radius 3 is 3.00 bits per heavy atom. The van der Waals surface area contributed by atoms with Crippen LogP contribution in [0.3, 0.4) is 0 Å². The van der Waals surface area contributed by atoms with Gasteiger partial charge in [-0.2, -0.15) is 0 Å². The van der Waals surface area contributed by atoms with Crippen LogP contribution in [0, 0.1) is 10.5 Å². The summed E-state index contributed by atoms with van der Waals surface area (Å²) in [6, 6.07) is 4.00. The van der Waals surface area contributed by atoms with E-state index in [9.17, 15) is 0 Å². The zero-order chi connectivity index (χ0) is 7.84. The molecule has 0 atom stereocenters. The highest BCUT2D eigenvalue weighted by Gasteiger charge is 2.06. The first-order chi connectivity index (χ1) is 5.29. The Labute approximate surface area is 76.9 Å². The van der Waals surface area contributed by atoms with Gasteiger partial charge in [-0.15, -0.1) is 5.10 Å². The fourth-order valence-corrected chi connectivity index (χ4v) is 1.49. The number of aromatic nitrogens is 2. The van der Waals surface area contributed by atoms with Crippen LogP contribution in [0.15, 0.2) is 16.7 Å². The highest BCUT2D eigenvalue weighted by Crippen LogP contribution is 2.20. The minimum atomic E-state index is 0.789. The standard InChI is InChI=1S/C7H5IN2O/c1-4-2-3-5(8)6-7(4)11-10-9-6/h2-3H,1H3. The number of hydrogen-bond acceptors (Lipinski definition) is 3. The Kier molecular flexibility index (Phi) is 1.56. The van der Waals surface area contributed by atoms with Crippen LogP contribution in [0.5, 0.6) is 0 Å². The highest BCUT2D eigenvalue weighted by atomic mass is 127. The topological polar surface area (TPSA) is 38.9 Å². The van der Waals surface area contributed by atoms with Gasteiger partial charge in [0.05, 0.1) is 0 Å². The SMILES string of the molecule is Cc1ccc(I)c2nnoc12. The Morgan fingerprint density at radius 2 is 2.27 bits per heavy atom. The number of rotatable bonds is 0. The van der Waals surface area contributed by atoms with Gasteiger partial charge in [-0.1, -0.05) is 6.07 Å². The second-order valence-corrected chi connectivity index (χ2v) is 3.48. The summed E-state index contributed by atoms with van der Waals surface area (Å²) in [5.74, 6) is 0. The Morgan fingerprint density at radius 1 is 1.45 bits per heavy atom. The van der Waals surface area contributed by atoms with Crippen LogP contribution in [-0.2, 0) is 0 Å². The summed E-state index contributed by atoms with van der Waals surface area (Å²) in [5.41, 5.74) is 2.72. The van der Waals surface area contributed by atoms with E-state index in [0.29, 0.717) is 0 Å². The van der Waals surface area contributed by atoms with Crippen LogP contribution in [-0.4, -0.2) is 10.4 Å². The number of fused-ring (bicyclic) bond motifs is 1. The lowest BCUT2D eigenvalue weighted by Gasteiger charge is -1.91. The zero-order valence-electron chi connectivity index (χ0n) is 5.84. The Hall–Kier alpha value is -0.650. The number of benzene rings is 1. The van der Waals surface area contributed by atoms with Gasteiger partial charge in [0.1, 0.15) is 5.52 Å². The first-order valence-electron chi connectivity index (χ1n) is 3.16. The van der Waals surface area contributed by atoms with Gasteiger partial charge in [-0.3, -0.25) is 0 Å². The van der Waals surface area contributed by atoms with Crippen molar-refractivity contribution < 1.29 is 4.52 Å². The van der Waals surface area contributed by atoms with E-state index in [1.807, 2.05) is 19.1 Å². The highest BCUT2D eigenvalue weighted by molar-refractivity contribution is 14.1. The summed E-state index contributed by atoms with van der Waals surface area (Å²) in [4.78, 5) is 0. The van der Waals surface area contributed by atoms with E-state index < -0.39 is 0 Å². The van der Waals surface area contributed by atoms with Gasteiger partial charge in [-0.05, 0) is 41.1 Å². The van der Waals surface area contributed by atoms with Crippen molar-refractivity contribution in [2.75, 3.05) is 0 Å². The van der Waals surface area contributed by atoms with Gasteiger partial charge in [-0.25, -0.2) is 0 Å². The quantitative estimate of drug-likeness (QED) is 0.681. The molecular weight excluding hydrogens is 255 g/mol. The summed E-state index contributed by atoms with van der Waals surface area (Å²) < 4.78 is 6.04. The van der Waals surface area contributed by atoms with E-state index >= 15 is 0 Å². The number of aryl methyl sites for hydroxylation is 1. The molecule has 0 radical (unpaired) electrons. The fourth-order valence-electron chi connectivity index (χ4n) is 0.958. The molecule has 0 N–H and O–H groups in total. The van der Waals surface area contributed by atoms with E-state index in [1.54, 1.807) is 0 Å². The summed E-state index contributed by atoms with van der Waals surface area (Å²) in [6.07, 6.45) is 0. The fraction of sp³-hybridized carbons (Fsp3) is 0.143. The molecule has 0 bridgehead atoms. The van der Waals surface area contributed by atoms with E-state index in [1.165, 1.54) is 0 Å². The molecule has 1 heterocycles. The van der Waals surface area contributed by atoms with Gasteiger partial charge < -0.3 is 4.52 Å². The molecule has 2 aromatic rings. The molecule has 1 aromatic heterocycles. The van der Waals surface area contributed by atoms with Crippen LogP contribution in [0.25, 0.3) is 11.1 Å². The average molecular weight is 260 g/mol. The number of nitrogens with zero attached hydrogens (tertiary/aromatic N) is 2. The van der Waals surface area contributed by atoms with Crippen LogP contribution in [0.4, 0.5) is 0 Å². The van der Waals surface area contributed by atoms with Crippen molar-refractivity contribution in [2.24, 2.45) is 0 Å². The first-order valence-corrected chi connectivity index (χ1v) is 4.24. The smallest absolute Gasteiger partial charge is 0.191 e. The molecule has 4 heteroatoms. The summed E-state index contributed by atoms with van der Waals surface area (Å²) in [7, 11) is 0. The maximum absolute atomic E-state index is 4.96. The van der Waals surface area contributed by atoms with Crippen LogP contribution >= 0.6 is 22.6 Å². The lowest BCUT2D eigenvalue weighted by molar-refractivity contribution is 0.423. The monoisotopic (exact) mass is 260 g/mol. The minimum absolute atomic E-state index is 0.789. The second-order valence-electron chi connectivity index (χ2n) is 2.31. The van der Waals surface area contributed by atoms with E-state index in [4.69, 9.17) is 4.52 Å². The first kappa shape index (κ1) is 7.02. The third-order valence-electron chi connectivity index (χ3n) is 1.55. The van der Waals surface area contributed by atoms with Crippen molar-refractivity contribution in [1.29, 1.82) is 0 Å². The third kappa shape index (κ3) is 1.01. The largest absolute Gasteiger partial charge is 0.337 e. The predicted molar refractivity (Wildman–Crippen MR) is 49.3 cm³/mol. The summed E-state index contributed by atoms with van der Waals surface area (Å²) in [6.45, 7) is 1.98. The zero-order valence-corrected chi connectivity index (χ0v) is 7.99. The average Bonchev–Trinajstić information content (AvgIpc) is 2.45. The number of hydrogen-bond donors (Lipinski definition) is 0.